The highest BCUT2D eigenvalue weighted by atomic mass is 16.6. The zero-order valence-corrected chi connectivity index (χ0v) is 12.5. The Kier molecular flexibility index (Phi) is 11.9. The molecule has 0 saturated heterocycles. The maximum atomic E-state index is 11.2. The molecule has 0 aromatic carbocycles. The van der Waals surface area contributed by atoms with Crippen LogP contribution in [0.25, 0.3) is 0 Å². The van der Waals surface area contributed by atoms with Crippen molar-refractivity contribution in [3.05, 3.63) is 12.2 Å². The van der Waals surface area contributed by atoms with Gasteiger partial charge in [0.2, 0.25) is 0 Å². The van der Waals surface area contributed by atoms with Crippen LogP contribution in [0.5, 0.6) is 0 Å². The van der Waals surface area contributed by atoms with Crippen LogP contribution >= 0.6 is 0 Å². The maximum Gasteiger partial charge on any atom is 0.344 e. The van der Waals surface area contributed by atoms with Gasteiger partial charge in [0, 0.05) is 18.8 Å². The van der Waals surface area contributed by atoms with Crippen LogP contribution in [0.1, 0.15) is 26.7 Å². The first-order valence-corrected chi connectivity index (χ1v) is 6.85. The molecule has 120 valence electrons. The number of ether oxygens (including phenoxy) is 4. The Hall–Kier alpha value is -1.89. The molecule has 0 saturated carbocycles. The molecule has 0 rings (SSSR count). The standard InChI is InChI=1S/C14H22O7/c1-3-7-18-9-10-20-14(17)11-21-13(16)6-5-12(15)19-8-4-2/h5-6H,3-4,7-11H2,1-2H3/b6-5+. The summed E-state index contributed by atoms with van der Waals surface area (Å²) in [6.45, 7) is 4.60. The van der Waals surface area contributed by atoms with Gasteiger partial charge in [-0.25, -0.2) is 14.4 Å². The molecule has 0 aliphatic rings. The molecule has 7 heteroatoms. The third-order valence-corrected chi connectivity index (χ3v) is 1.98. The van der Waals surface area contributed by atoms with Gasteiger partial charge in [-0.2, -0.15) is 0 Å². The fraction of sp³-hybridized carbons (Fsp3) is 0.643. The van der Waals surface area contributed by atoms with Crippen molar-refractivity contribution in [2.24, 2.45) is 0 Å². The number of esters is 3. The summed E-state index contributed by atoms with van der Waals surface area (Å²) in [6, 6.07) is 0. The molecule has 0 aliphatic carbocycles. The van der Waals surface area contributed by atoms with E-state index in [1.54, 1.807) is 0 Å². The predicted octanol–water partition coefficient (Wildman–Crippen LogP) is 1.01. The fourth-order valence-corrected chi connectivity index (χ4v) is 1.07. The first-order valence-electron chi connectivity index (χ1n) is 6.85. The molecule has 0 amide bonds. The molecule has 0 bridgehead atoms. The summed E-state index contributed by atoms with van der Waals surface area (Å²) in [5.74, 6) is -2.13. The lowest BCUT2D eigenvalue weighted by atomic mass is 10.5. The molecule has 7 nitrogen and oxygen atoms in total. The summed E-state index contributed by atoms with van der Waals surface area (Å²) in [6.07, 6.45) is 3.42. The second kappa shape index (κ2) is 13.1. The third kappa shape index (κ3) is 12.9. The van der Waals surface area contributed by atoms with Gasteiger partial charge in [-0.15, -0.1) is 0 Å². The van der Waals surface area contributed by atoms with Crippen LogP contribution in [0.3, 0.4) is 0 Å². The molecule has 0 atom stereocenters. The lowest BCUT2D eigenvalue weighted by Crippen LogP contribution is -2.18. The number of rotatable bonds is 11. The van der Waals surface area contributed by atoms with Crippen LogP contribution in [0.4, 0.5) is 0 Å². The van der Waals surface area contributed by atoms with E-state index in [0.717, 1.165) is 18.6 Å². The maximum absolute atomic E-state index is 11.2. The van der Waals surface area contributed by atoms with Gasteiger partial charge >= 0.3 is 17.9 Å². The summed E-state index contributed by atoms with van der Waals surface area (Å²) >= 11 is 0. The molecule has 0 spiro atoms. The van der Waals surface area contributed by atoms with E-state index in [-0.39, 0.29) is 13.2 Å². The molecular weight excluding hydrogens is 280 g/mol. The predicted molar refractivity (Wildman–Crippen MR) is 73.4 cm³/mol. The van der Waals surface area contributed by atoms with E-state index >= 15 is 0 Å². The van der Waals surface area contributed by atoms with Crippen LogP contribution in [-0.2, 0) is 33.3 Å². The molecule has 0 aromatic heterocycles. The lowest BCUT2D eigenvalue weighted by Gasteiger charge is -2.05. The van der Waals surface area contributed by atoms with Crippen molar-refractivity contribution >= 4 is 17.9 Å². The first kappa shape index (κ1) is 19.1. The molecule has 0 unspecified atom stereocenters. The van der Waals surface area contributed by atoms with Crippen LogP contribution in [-0.4, -0.2) is 50.9 Å². The van der Waals surface area contributed by atoms with Gasteiger partial charge in [0.25, 0.3) is 0 Å². The smallest absolute Gasteiger partial charge is 0.344 e. The van der Waals surface area contributed by atoms with E-state index in [1.165, 1.54) is 0 Å². The average molecular weight is 302 g/mol. The Balaban J connectivity index is 3.69. The Morgan fingerprint density at radius 2 is 1.38 bits per heavy atom. The van der Waals surface area contributed by atoms with Gasteiger partial charge in [0.05, 0.1) is 13.2 Å². The van der Waals surface area contributed by atoms with Crippen molar-refractivity contribution in [3.8, 4) is 0 Å². The van der Waals surface area contributed by atoms with E-state index in [2.05, 4.69) is 4.74 Å². The monoisotopic (exact) mass is 302 g/mol. The van der Waals surface area contributed by atoms with E-state index < -0.39 is 24.5 Å². The van der Waals surface area contributed by atoms with Crippen molar-refractivity contribution in [1.82, 2.24) is 0 Å². The van der Waals surface area contributed by atoms with Crippen LogP contribution in [0.15, 0.2) is 12.2 Å². The van der Waals surface area contributed by atoms with Crippen LogP contribution in [0, 0.1) is 0 Å². The fourth-order valence-electron chi connectivity index (χ4n) is 1.07. The summed E-state index contributed by atoms with van der Waals surface area (Å²) in [7, 11) is 0. The van der Waals surface area contributed by atoms with Gasteiger partial charge in [-0.3, -0.25) is 0 Å². The molecule has 0 aliphatic heterocycles. The molecule has 0 aromatic rings. The highest BCUT2D eigenvalue weighted by Gasteiger charge is 2.07. The summed E-state index contributed by atoms with van der Waals surface area (Å²) < 4.78 is 19.2. The van der Waals surface area contributed by atoms with Crippen LogP contribution < -0.4 is 0 Å². The highest BCUT2D eigenvalue weighted by molar-refractivity contribution is 5.92. The van der Waals surface area contributed by atoms with Crippen molar-refractivity contribution in [2.45, 2.75) is 26.7 Å². The Morgan fingerprint density at radius 1 is 0.762 bits per heavy atom. The lowest BCUT2D eigenvalue weighted by molar-refractivity contribution is -0.157. The second-order valence-corrected chi connectivity index (χ2v) is 3.94. The summed E-state index contributed by atoms with van der Waals surface area (Å²) in [5.41, 5.74) is 0. The number of carbonyl (C=O) groups excluding carboxylic acids is 3. The van der Waals surface area contributed by atoms with Crippen molar-refractivity contribution in [1.29, 1.82) is 0 Å². The molecule has 0 N–H and O–H groups in total. The summed E-state index contributed by atoms with van der Waals surface area (Å²) in [5, 5.41) is 0. The molecule has 0 fully saturated rings. The van der Waals surface area contributed by atoms with Gasteiger partial charge in [-0.1, -0.05) is 13.8 Å². The Bertz CT molecular complexity index is 349. The zero-order valence-electron chi connectivity index (χ0n) is 12.5. The van der Waals surface area contributed by atoms with Gasteiger partial charge in [0.1, 0.15) is 6.61 Å². The SMILES string of the molecule is CCCOCCOC(=O)COC(=O)/C=C/C(=O)OCCC. The van der Waals surface area contributed by atoms with Crippen molar-refractivity contribution in [2.75, 3.05) is 33.0 Å². The Morgan fingerprint density at radius 3 is 2.00 bits per heavy atom. The third-order valence-electron chi connectivity index (χ3n) is 1.98. The zero-order chi connectivity index (χ0) is 15.9. The topological polar surface area (TPSA) is 88.1 Å². The minimum absolute atomic E-state index is 0.107. The van der Waals surface area contributed by atoms with Gasteiger partial charge < -0.3 is 18.9 Å². The Labute approximate surface area is 124 Å². The van der Waals surface area contributed by atoms with Crippen LogP contribution in [0.2, 0.25) is 0 Å². The van der Waals surface area contributed by atoms with E-state index in [4.69, 9.17) is 14.2 Å². The molecule has 21 heavy (non-hydrogen) atoms. The van der Waals surface area contributed by atoms with Gasteiger partial charge in [-0.05, 0) is 12.8 Å². The number of carbonyl (C=O) groups is 3. The second-order valence-electron chi connectivity index (χ2n) is 3.94. The minimum atomic E-state index is -0.817. The normalized spacial score (nSPS) is 10.4. The molecular formula is C14H22O7. The molecule has 0 heterocycles. The quantitative estimate of drug-likeness (QED) is 0.243. The van der Waals surface area contributed by atoms with E-state index in [9.17, 15) is 14.4 Å². The minimum Gasteiger partial charge on any atom is -0.463 e. The number of hydrogen-bond donors (Lipinski definition) is 0. The highest BCUT2D eigenvalue weighted by Crippen LogP contribution is 1.89. The average Bonchev–Trinajstić information content (AvgIpc) is 2.48. The van der Waals surface area contributed by atoms with Gasteiger partial charge in [0.15, 0.2) is 6.61 Å². The largest absolute Gasteiger partial charge is 0.463 e. The molecule has 0 radical (unpaired) electrons. The first-order chi connectivity index (χ1) is 10.1. The van der Waals surface area contributed by atoms with Crippen molar-refractivity contribution in [3.63, 3.8) is 0 Å². The summed E-state index contributed by atoms with van der Waals surface area (Å²) in [4.78, 5) is 33.4. The van der Waals surface area contributed by atoms with E-state index in [1.807, 2.05) is 13.8 Å². The van der Waals surface area contributed by atoms with Crippen molar-refractivity contribution < 1.29 is 33.3 Å². The van der Waals surface area contributed by atoms with E-state index in [0.29, 0.717) is 19.6 Å². The number of hydrogen-bond acceptors (Lipinski definition) is 7.